The normalized spacial score (nSPS) is 10.1. The molecule has 2 aromatic rings. The molecule has 0 aliphatic carbocycles. The SMILES string of the molecule is CCOc1ccc(C(=O)Nc2ccccc2F)cc1N. The van der Waals surface area contributed by atoms with E-state index in [0.717, 1.165) is 0 Å². The molecule has 104 valence electrons. The maximum absolute atomic E-state index is 13.5. The van der Waals surface area contributed by atoms with Gasteiger partial charge in [-0.25, -0.2) is 4.39 Å². The van der Waals surface area contributed by atoms with E-state index in [-0.39, 0.29) is 5.69 Å². The van der Waals surface area contributed by atoms with Crippen LogP contribution in [0.3, 0.4) is 0 Å². The van der Waals surface area contributed by atoms with Crippen molar-refractivity contribution in [3.8, 4) is 5.75 Å². The molecule has 0 fully saturated rings. The van der Waals surface area contributed by atoms with E-state index in [4.69, 9.17) is 10.5 Å². The Bertz CT molecular complexity index is 629. The first kappa shape index (κ1) is 13.9. The number of para-hydroxylation sites is 1. The van der Waals surface area contributed by atoms with Crippen LogP contribution in [-0.2, 0) is 0 Å². The summed E-state index contributed by atoms with van der Waals surface area (Å²) in [7, 11) is 0. The summed E-state index contributed by atoms with van der Waals surface area (Å²) < 4.78 is 18.7. The maximum Gasteiger partial charge on any atom is 0.255 e. The minimum absolute atomic E-state index is 0.130. The number of carbonyl (C=O) groups is 1. The number of nitrogens with one attached hydrogen (secondary N) is 1. The highest BCUT2D eigenvalue weighted by Gasteiger charge is 2.11. The van der Waals surface area contributed by atoms with Gasteiger partial charge in [0, 0.05) is 5.56 Å². The fraction of sp³-hybridized carbons (Fsp3) is 0.133. The minimum atomic E-state index is -0.486. The van der Waals surface area contributed by atoms with Crippen LogP contribution in [-0.4, -0.2) is 12.5 Å². The fourth-order valence-corrected chi connectivity index (χ4v) is 1.73. The van der Waals surface area contributed by atoms with Gasteiger partial charge in [0.05, 0.1) is 18.0 Å². The van der Waals surface area contributed by atoms with Gasteiger partial charge in [-0.15, -0.1) is 0 Å². The highest BCUT2D eigenvalue weighted by molar-refractivity contribution is 6.05. The van der Waals surface area contributed by atoms with E-state index >= 15 is 0 Å². The topological polar surface area (TPSA) is 64.3 Å². The Balaban J connectivity index is 2.18. The zero-order valence-corrected chi connectivity index (χ0v) is 11.0. The van der Waals surface area contributed by atoms with Crippen LogP contribution < -0.4 is 15.8 Å². The van der Waals surface area contributed by atoms with E-state index in [2.05, 4.69) is 5.32 Å². The predicted octanol–water partition coefficient (Wildman–Crippen LogP) is 3.06. The van der Waals surface area contributed by atoms with Crippen molar-refractivity contribution in [2.45, 2.75) is 6.92 Å². The number of rotatable bonds is 4. The van der Waals surface area contributed by atoms with Crippen molar-refractivity contribution >= 4 is 17.3 Å². The summed E-state index contributed by atoms with van der Waals surface area (Å²) in [5, 5.41) is 2.49. The highest BCUT2D eigenvalue weighted by Crippen LogP contribution is 2.23. The van der Waals surface area contributed by atoms with Crippen LogP contribution >= 0.6 is 0 Å². The number of halogens is 1. The minimum Gasteiger partial charge on any atom is -0.492 e. The summed E-state index contributed by atoms with van der Waals surface area (Å²) in [5.74, 6) is -0.389. The lowest BCUT2D eigenvalue weighted by atomic mass is 10.1. The Labute approximate surface area is 116 Å². The van der Waals surface area contributed by atoms with Crippen molar-refractivity contribution in [3.63, 3.8) is 0 Å². The molecule has 1 amide bonds. The van der Waals surface area contributed by atoms with Crippen LogP contribution in [0.4, 0.5) is 15.8 Å². The number of hydrogen-bond donors (Lipinski definition) is 2. The van der Waals surface area contributed by atoms with Gasteiger partial charge in [0.25, 0.3) is 5.91 Å². The summed E-state index contributed by atoms with van der Waals surface area (Å²) >= 11 is 0. The van der Waals surface area contributed by atoms with Gasteiger partial charge in [0.2, 0.25) is 0 Å². The number of nitrogens with two attached hydrogens (primary N) is 1. The standard InChI is InChI=1S/C15H15FN2O2/c1-2-20-14-8-7-10(9-12(14)17)15(19)18-13-6-4-3-5-11(13)16/h3-9H,2,17H2,1H3,(H,18,19). The summed E-state index contributed by atoms with van der Waals surface area (Å²) in [6.45, 7) is 2.34. The molecule has 0 unspecified atom stereocenters. The second kappa shape index (κ2) is 6.06. The number of amides is 1. The van der Waals surface area contributed by atoms with E-state index < -0.39 is 11.7 Å². The first-order chi connectivity index (χ1) is 9.61. The second-order valence-electron chi connectivity index (χ2n) is 4.12. The smallest absolute Gasteiger partial charge is 0.255 e. The van der Waals surface area contributed by atoms with Gasteiger partial charge in [-0.05, 0) is 37.3 Å². The molecule has 0 aliphatic heterocycles. The number of hydrogen-bond acceptors (Lipinski definition) is 3. The number of anilines is 2. The average molecular weight is 274 g/mol. The summed E-state index contributed by atoms with van der Waals surface area (Å²) in [5.41, 5.74) is 6.63. The lowest BCUT2D eigenvalue weighted by molar-refractivity contribution is 0.102. The Morgan fingerprint density at radius 1 is 1.30 bits per heavy atom. The third-order valence-electron chi connectivity index (χ3n) is 2.69. The second-order valence-corrected chi connectivity index (χ2v) is 4.12. The van der Waals surface area contributed by atoms with Gasteiger partial charge in [-0.2, -0.15) is 0 Å². The van der Waals surface area contributed by atoms with Gasteiger partial charge in [-0.1, -0.05) is 12.1 Å². The monoisotopic (exact) mass is 274 g/mol. The van der Waals surface area contributed by atoms with Crippen LogP contribution in [0.1, 0.15) is 17.3 Å². The fourth-order valence-electron chi connectivity index (χ4n) is 1.73. The van der Waals surface area contributed by atoms with Crippen LogP contribution in [0.5, 0.6) is 5.75 Å². The van der Waals surface area contributed by atoms with Gasteiger partial charge in [0.15, 0.2) is 0 Å². The predicted molar refractivity (Wildman–Crippen MR) is 76.4 cm³/mol. The molecule has 2 rings (SSSR count). The number of ether oxygens (including phenoxy) is 1. The van der Waals surface area contributed by atoms with Crippen molar-refractivity contribution in [3.05, 3.63) is 53.8 Å². The first-order valence-corrected chi connectivity index (χ1v) is 6.20. The lowest BCUT2D eigenvalue weighted by Gasteiger charge is -2.09. The van der Waals surface area contributed by atoms with Gasteiger partial charge in [0.1, 0.15) is 11.6 Å². The molecule has 4 nitrogen and oxygen atoms in total. The molecule has 0 saturated heterocycles. The molecule has 0 radical (unpaired) electrons. The molecular weight excluding hydrogens is 259 g/mol. The number of carbonyl (C=O) groups excluding carboxylic acids is 1. The quantitative estimate of drug-likeness (QED) is 0.842. The van der Waals surface area contributed by atoms with E-state index in [0.29, 0.717) is 23.6 Å². The highest BCUT2D eigenvalue weighted by atomic mass is 19.1. The molecule has 3 N–H and O–H groups in total. The van der Waals surface area contributed by atoms with E-state index in [1.165, 1.54) is 18.2 Å². The molecule has 0 spiro atoms. The molecule has 0 atom stereocenters. The maximum atomic E-state index is 13.5. The third kappa shape index (κ3) is 3.06. The largest absolute Gasteiger partial charge is 0.492 e. The van der Waals surface area contributed by atoms with Crippen molar-refractivity contribution in [2.24, 2.45) is 0 Å². The molecule has 2 aromatic carbocycles. The zero-order chi connectivity index (χ0) is 14.5. The first-order valence-electron chi connectivity index (χ1n) is 6.20. The lowest BCUT2D eigenvalue weighted by Crippen LogP contribution is -2.13. The molecule has 0 saturated carbocycles. The van der Waals surface area contributed by atoms with Crippen molar-refractivity contribution < 1.29 is 13.9 Å². The molecule has 0 bridgehead atoms. The van der Waals surface area contributed by atoms with E-state index in [1.54, 1.807) is 24.3 Å². The van der Waals surface area contributed by atoms with Crippen LogP contribution in [0.25, 0.3) is 0 Å². The van der Waals surface area contributed by atoms with Gasteiger partial charge >= 0.3 is 0 Å². The number of benzene rings is 2. The Morgan fingerprint density at radius 2 is 2.05 bits per heavy atom. The van der Waals surface area contributed by atoms with Crippen LogP contribution in [0, 0.1) is 5.82 Å². The van der Waals surface area contributed by atoms with Gasteiger partial charge in [-0.3, -0.25) is 4.79 Å². The van der Waals surface area contributed by atoms with Crippen molar-refractivity contribution in [1.29, 1.82) is 0 Å². The van der Waals surface area contributed by atoms with E-state index in [9.17, 15) is 9.18 Å². The van der Waals surface area contributed by atoms with E-state index in [1.807, 2.05) is 6.92 Å². The molecule has 5 heteroatoms. The van der Waals surface area contributed by atoms with Crippen molar-refractivity contribution in [2.75, 3.05) is 17.7 Å². The molecule has 0 heterocycles. The Morgan fingerprint density at radius 3 is 2.70 bits per heavy atom. The van der Waals surface area contributed by atoms with Crippen LogP contribution in [0.2, 0.25) is 0 Å². The van der Waals surface area contributed by atoms with Gasteiger partial charge < -0.3 is 15.8 Å². The zero-order valence-electron chi connectivity index (χ0n) is 11.0. The summed E-state index contributed by atoms with van der Waals surface area (Å²) in [6, 6.07) is 10.7. The summed E-state index contributed by atoms with van der Waals surface area (Å²) in [4.78, 5) is 12.0. The molecular formula is C15H15FN2O2. The average Bonchev–Trinajstić information content (AvgIpc) is 2.43. The molecule has 0 aliphatic rings. The van der Waals surface area contributed by atoms with Crippen LogP contribution in [0.15, 0.2) is 42.5 Å². The number of nitrogen functional groups attached to an aromatic ring is 1. The Kier molecular flexibility index (Phi) is 4.20. The third-order valence-corrected chi connectivity index (χ3v) is 2.69. The Hall–Kier alpha value is -2.56. The van der Waals surface area contributed by atoms with Crippen molar-refractivity contribution in [1.82, 2.24) is 0 Å². The molecule has 20 heavy (non-hydrogen) atoms. The summed E-state index contributed by atoms with van der Waals surface area (Å²) in [6.07, 6.45) is 0. The molecule has 0 aromatic heterocycles.